The third-order valence-electron chi connectivity index (χ3n) is 6.82. The quantitative estimate of drug-likeness (QED) is 0.587. The van der Waals surface area contributed by atoms with Gasteiger partial charge in [-0.1, -0.05) is 0 Å². The first-order valence-corrected chi connectivity index (χ1v) is 11.5. The molecule has 2 aliphatic rings. The van der Waals surface area contributed by atoms with Gasteiger partial charge in [0.05, 0.1) is 18.3 Å². The number of nitrogens with zero attached hydrogens (tertiary/aromatic N) is 5. The molecule has 5 rings (SSSR count). The van der Waals surface area contributed by atoms with Crippen molar-refractivity contribution in [3.8, 4) is 0 Å². The fraction of sp³-hybridized carbons (Fsp3) is 0.500. The Labute approximate surface area is 190 Å². The molecule has 9 heteroatoms. The molecule has 174 valence electrons. The average molecular weight is 456 g/mol. The van der Waals surface area contributed by atoms with Crippen LogP contribution in [0.1, 0.15) is 60.8 Å². The highest BCUT2D eigenvalue weighted by atomic mass is 19.1. The van der Waals surface area contributed by atoms with Gasteiger partial charge in [-0.3, -0.25) is 14.6 Å². The highest BCUT2D eigenvalue weighted by Gasteiger charge is 2.37. The van der Waals surface area contributed by atoms with E-state index in [0.717, 1.165) is 37.7 Å². The zero-order valence-corrected chi connectivity index (χ0v) is 18.8. The minimum atomic E-state index is -0.372. The molecule has 4 heterocycles. The van der Waals surface area contributed by atoms with Gasteiger partial charge in [-0.25, -0.2) is 23.3 Å². The predicted molar refractivity (Wildman–Crippen MR) is 116 cm³/mol. The van der Waals surface area contributed by atoms with Gasteiger partial charge >= 0.3 is 0 Å². The molecule has 0 bridgehead atoms. The molecule has 1 atom stereocenters. The van der Waals surface area contributed by atoms with Crippen LogP contribution in [0.5, 0.6) is 0 Å². The number of fused-ring (bicyclic) bond motifs is 1. The largest absolute Gasteiger partial charge is 0.272 e. The highest BCUT2D eigenvalue weighted by Crippen LogP contribution is 2.37. The summed E-state index contributed by atoms with van der Waals surface area (Å²) in [6.45, 7) is 3.78. The molecule has 3 aromatic rings. The van der Waals surface area contributed by atoms with Gasteiger partial charge in [0.1, 0.15) is 11.6 Å². The molecule has 1 aliphatic heterocycles. The second kappa shape index (κ2) is 8.78. The van der Waals surface area contributed by atoms with Crippen LogP contribution in [0, 0.1) is 37.3 Å². The number of carbonyl (C=O) groups is 1. The van der Waals surface area contributed by atoms with E-state index in [4.69, 9.17) is 4.84 Å². The van der Waals surface area contributed by atoms with E-state index in [0.29, 0.717) is 36.0 Å². The van der Waals surface area contributed by atoms with E-state index in [1.807, 2.05) is 6.20 Å². The zero-order valence-electron chi connectivity index (χ0n) is 18.8. The average Bonchev–Trinajstić information content (AvgIpc) is 3.42. The van der Waals surface area contributed by atoms with Crippen molar-refractivity contribution in [1.29, 1.82) is 0 Å². The Morgan fingerprint density at radius 2 is 1.91 bits per heavy atom. The lowest BCUT2D eigenvalue weighted by molar-refractivity contribution is -0.183. The van der Waals surface area contributed by atoms with E-state index in [1.54, 1.807) is 20.0 Å². The molecule has 0 spiro atoms. The molecule has 1 aliphatic carbocycles. The molecule has 1 amide bonds. The second-order valence-electron chi connectivity index (χ2n) is 9.18. The van der Waals surface area contributed by atoms with Crippen molar-refractivity contribution in [2.75, 3.05) is 6.61 Å². The van der Waals surface area contributed by atoms with Gasteiger partial charge in [0, 0.05) is 24.7 Å². The van der Waals surface area contributed by atoms with E-state index in [1.165, 1.54) is 21.7 Å². The maximum absolute atomic E-state index is 14.4. The molecule has 2 fully saturated rings. The highest BCUT2D eigenvalue weighted by molar-refractivity contribution is 5.78. The fourth-order valence-corrected chi connectivity index (χ4v) is 5.04. The topological polar surface area (TPSA) is 72.6 Å². The molecule has 0 N–H and O–H groups in total. The Morgan fingerprint density at radius 3 is 2.67 bits per heavy atom. The van der Waals surface area contributed by atoms with E-state index < -0.39 is 0 Å². The molecule has 0 radical (unpaired) electrons. The summed E-state index contributed by atoms with van der Waals surface area (Å²) in [6, 6.07) is 2.68. The minimum absolute atomic E-state index is 0.0394. The predicted octanol–water partition coefficient (Wildman–Crippen LogP) is 4.27. The number of aromatic nitrogens is 4. The Kier molecular flexibility index (Phi) is 5.82. The number of halogens is 2. The van der Waals surface area contributed by atoms with Crippen LogP contribution < -0.4 is 0 Å². The normalized spacial score (nSPS) is 23.4. The first-order chi connectivity index (χ1) is 15.9. The van der Waals surface area contributed by atoms with E-state index >= 15 is 0 Å². The Hall–Kier alpha value is -2.94. The number of hydrogen-bond acceptors (Lipinski definition) is 5. The summed E-state index contributed by atoms with van der Waals surface area (Å²) in [5.74, 6) is 0.0156. The number of hydroxylamine groups is 2. The van der Waals surface area contributed by atoms with Gasteiger partial charge < -0.3 is 0 Å². The molecule has 33 heavy (non-hydrogen) atoms. The van der Waals surface area contributed by atoms with Crippen LogP contribution in [0.4, 0.5) is 8.78 Å². The second-order valence-corrected chi connectivity index (χ2v) is 9.18. The molecule has 1 saturated carbocycles. The third-order valence-corrected chi connectivity index (χ3v) is 6.82. The SMILES string of the molecule is Cc1nc2c(F)cc(C[C@H]3CC[C@H](C(=O)N4OCC[C@H]4c4cnc(C)c(F)c4)CC3)cn2n1. The van der Waals surface area contributed by atoms with Crippen molar-refractivity contribution in [1.82, 2.24) is 24.6 Å². The zero-order chi connectivity index (χ0) is 23.1. The summed E-state index contributed by atoms with van der Waals surface area (Å²) in [5.41, 5.74) is 2.14. The van der Waals surface area contributed by atoms with Gasteiger partial charge in [-0.2, -0.15) is 5.10 Å². The summed E-state index contributed by atoms with van der Waals surface area (Å²) >= 11 is 0. The third kappa shape index (κ3) is 4.34. The van der Waals surface area contributed by atoms with Crippen molar-refractivity contribution in [2.45, 2.75) is 58.4 Å². The number of rotatable bonds is 4. The molecule has 1 saturated heterocycles. The van der Waals surface area contributed by atoms with E-state index in [9.17, 15) is 13.6 Å². The maximum atomic E-state index is 14.4. The monoisotopic (exact) mass is 455 g/mol. The van der Waals surface area contributed by atoms with Gasteiger partial charge in [0.2, 0.25) is 5.91 Å². The first-order valence-electron chi connectivity index (χ1n) is 11.5. The lowest BCUT2D eigenvalue weighted by atomic mass is 9.79. The van der Waals surface area contributed by atoms with Crippen LogP contribution in [0.3, 0.4) is 0 Å². The number of pyridine rings is 2. The van der Waals surface area contributed by atoms with Crippen LogP contribution in [0.25, 0.3) is 5.65 Å². The number of hydrogen-bond donors (Lipinski definition) is 0. The lowest BCUT2D eigenvalue weighted by Gasteiger charge is -2.32. The summed E-state index contributed by atoms with van der Waals surface area (Å²) < 4.78 is 29.9. The van der Waals surface area contributed by atoms with Crippen molar-refractivity contribution >= 4 is 11.6 Å². The Bertz CT molecular complexity index is 1190. The van der Waals surface area contributed by atoms with Crippen molar-refractivity contribution in [3.05, 3.63) is 58.8 Å². The minimum Gasteiger partial charge on any atom is -0.272 e. The summed E-state index contributed by atoms with van der Waals surface area (Å²) in [5, 5.41) is 5.66. The molecule has 0 aromatic carbocycles. The number of amides is 1. The van der Waals surface area contributed by atoms with Gasteiger partial charge in [-0.05, 0) is 75.1 Å². The van der Waals surface area contributed by atoms with E-state index in [-0.39, 0.29) is 35.1 Å². The van der Waals surface area contributed by atoms with Crippen LogP contribution in [0.2, 0.25) is 0 Å². The van der Waals surface area contributed by atoms with E-state index in [2.05, 4.69) is 15.1 Å². The summed E-state index contributed by atoms with van der Waals surface area (Å²) in [6.07, 6.45) is 8.10. The molecule has 3 aromatic heterocycles. The van der Waals surface area contributed by atoms with Crippen LogP contribution in [0.15, 0.2) is 24.5 Å². The molecule has 7 nitrogen and oxygen atoms in total. The van der Waals surface area contributed by atoms with Gasteiger partial charge in [0.25, 0.3) is 0 Å². The van der Waals surface area contributed by atoms with Crippen molar-refractivity contribution < 1.29 is 18.4 Å². The van der Waals surface area contributed by atoms with Gasteiger partial charge in [-0.15, -0.1) is 0 Å². The summed E-state index contributed by atoms with van der Waals surface area (Å²) in [7, 11) is 0. The standard InChI is InChI=1S/C24H27F2N5O2/c1-14-20(25)11-19(12-27-14)22-7-8-33-31(22)24(32)18-5-3-16(4-6-18)9-17-10-21(26)23-28-15(2)29-30(23)13-17/h10-13,16,18,22H,3-9H2,1-2H3/t16-,18-,22-/m0/s1. The smallest absolute Gasteiger partial charge is 0.249 e. The Morgan fingerprint density at radius 1 is 1.12 bits per heavy atom. The first kappa shape index (κ1) is 21.9. The van der Waals surface area contributed by atoms with Gasteiger partial charge in [0.15, 0.2) is 11.5 Å². The fourth-order valence-electron chi connectivity index (χ4n) is 5.04. The Balaban J connectivity index is 1.21. The van der Waals surface area contributed by atoms with Crippen molar-refractivity contribution in [2.24, 2.45) is 11.8 Å². The van der Waals surface area contributed by atoms with Crippen LogP contribution in [-0.4, -0.2) is 37.2 Å². The molecular weight excluding hydrogens is 428 g/mol. The molecule has 0 unspecified atom stereocenters. The van der Waals surface area contributed by atoms with Crippen molar-refractivity contribution in [3.63, 3.8) is 0 Å². The molecular formula is C24H27F2N5O2. The lowest BCUT2D eigenvalue weighted by Crippen LogP contribution is -2.36. The number of carbonyl (C=O) groups excluding carboxylic acids is 1. The van der Waals surface area contributed by atoms with Crippen LogP contribution >= 0.6 is 0 Å². The number of aryl methyl sites for hydroxylation is 2. The maximum Gasteiger partial charge on any atom is 0.249 e. The summed E-state index contributed by atoms with van der Waals surface area (Å²) in [4.78, 5) is 27.1. The van der Waals surface area contributed by atoms with Crippen LogP contribution in [-0.2, 0) is 16.1 Å².